The van der Waals surface area contributed by atoms with Gasteiger partial charge in [0.1, 0.15) is 0 Å². The van der Waals surface area contributed by atoms with Gasteiger partial charge in [0.15, 0.2) is 0 Å². The summed E-state index contributed by atoms with van der Waals surface area (Å²) in [6.45, 7) is 10.1. The highest BCUT2D eigenvalue weighted by Gasteiger charge is 2.28. The van der Waals surface area contributed by atoms with E-state index < -0.39 is 0 Å². The molecule has 0 N–H and O–H groups in total. The first-order valence-corrected chi connectivity index (χ1v) is 11.8. The van der Waals surface area contributed by atoms with E-state index in [0.717, 1.165) is 28.2 Å². The molecule has 5 nitrogen and oxygen atoms in total. The topological polar surface area (TPSA) is 45.6 Å². The van der Waals surface area contributed by atoms with Gasteiger partial charge in [-0.15, -0.1) is 0 Å². The minimum absolute atomic E-state index is 0.00534. The van der Waals surface area contributed by atoms with E-state index in [2.05, 4.69) is 29.7 Å². The lowest BCUT2D eigenvalue weighted by atomic mass is 10.1. The molecule has 1 aliphatic rings. The molecule has 1 fully saturated rings. The minimum Gasteiger partial charge on any atom is -0.339 e. The molecular formula is C27H30ClN3O2. The fourth-order valence-corrected chi connectivity index (χ4v) is 4.55. The van der Waals surface area contributed by atoms with Crippen LogP contribution in [0.15, 0.2) is 54.6 Å². The third-order valence-electron chi connectivity index (χ3n) is 6.25. The molecule has 0 bridgehead atoms. The van der Waals surface area contributed by atoms with Crippen LogP contribution in [0.3, 0.4) is 0 Å². The lowest BCUT2D eigenvalue weighted by Gasteiger charge is -2.35. The molecule has 1 saturated heterocycles. The van der Waals surface area contributed by atoms with Crippen LogP contribution in [0.5, 0.6) is 0 Å². The van der Waals surface area contributed by atoms with Gasteiger partial charge in [-0.25, -0.2) is 0 Å². The fourth-order valence-electron chi connectivity index (χ4n) is 4.42. The Labute approximate surface area is 200 Å². The number of halogens is 1. The lowest BCUT2D eigenvalue weighted by molar-refractivity contribution is -0.135. The van der Waals surface area contributed by atoms with Crippen LogP contribution >= 0.6 is 11.6 Å². The Balaban J connectivity index is 1.69. The number of carbonyl (C=O) groups is 2. The van der Waals surface area contributed by atoms with Gasteiger partial charge in [-0.1, -0.05) is 49.7 Å². The number of carbonyl (C=O) groups excluding carboxylic acids is 2. The van der Waals surface area contributed by atoms with E-state index in [9.17, 15) is 9.59 Å². The van der Waals surface area contributed by atoms with Crippen LogP contribution in [0.2, 0.25) is 5.02 Å². The molecule has 2 heterocycles. The molecule has 3 aromatic rings. The predicted molar refractivity (Wildman–Crippen MR) is 133 cm³/mol. The van der Waals surface area contributed by atoms with Crippen LogP contribution < -0.4 is 0 Å². The molecule has 0 unspecified atom stereocenters. The van der Waals surface area contributed by atoms with E-state index in [-0.39, 0.29) is 17.7 Å². The Morgan fingerprint density at radius 3 is 2.12 bits per heavy atom. The molecular weight excluding hydrogens is 434 g/mol. The average molecular weight is 464 g/mol. The van der Waals surface area contributed by atoms with Crippen LogP contribution in [0, 0.1) is 19.8 Å². The van der Waals surface area contributed by atoms with E-state index in [1.54, 1.807) is 0 Å². The third-order valence-corrected chi connectivity index (χ3v) is 6.50. The predicted octanol–water partition coefficient (Wildman–Crippen LogP) is 5.35. The van der Waals surface area contributed by atoms with Crippen LogP contribution in [0.4, 0.5) is 0 Å². The number of piperazine rings is 1. The highest BCUT2D eigenvalue weighted by molar-refractivity contribution is 6.30. The maximum atomic E-state index is 13.6. The average Bonchev–Trinajstić information content (AvgIpc) is 3.15. The molecule has 0 atom stereocenters. The van der Waals surface area contributed by atoms with Gasteiger partial charge in [-0.2, -0.15) is 0 Å². The molecule has 0 radical (unpaired) electrons. The van der Waals surface area contributed by atoms with Crippen molar-refractivity contribution in [3.8, 4) is 16.9 Å². The lowest BCUT2D eigenvalue weighted by Crippen LogP contribution is -2.51. The summed E-state index contributed by atoms with van der Waals surface area (Å²) in [6, 6.07) is 18.0. The Morgan fingerprint density at radius 2 is 1.52 bits per heavy atom. The molecule has 0 spiro atoms. The van der Waals surface area contributed by atoms with Crippen molar-refractivity contribution in [2.24, 2.45) is 5.92 Å². The first-order chi connectivity index (χ1) is 15.8. The molecule has 6 heteroatoms. The summed E-state index contributed by atoms with van der Waals surface area (Å²) < 4.78 is 2.14. The molecule has 33 heavy (non-hydrogen) atoms. The number of benzene rings is 2. The van der Waals surface area contributed by atoms with Gasteiger partial charge in [0.25, 0.3) is 5.91 Å². The van der Waals surface area contributed by atoms with Crippen molar-refractivity contribution in [3.05, 3.63) is 76.4 Å². The normalized spacial score (nSPS) is 14.1. The smallest absolute Gasteiger partial charge is 0.255 e. The van der Waals surface area contributed by atoms with Crippen LogP contribution in [0.25, 0.3) is 16.9 Å². The van der Waals surface area contributed by atoms with Crippen LogP contribution in [0.1, 0.15) is 35.5 Å². The van der Waals surface area contributed by atoms with E-state index in [1.807, 2.05) is 67.0 Å². The number of aryl methyl sites for hydroxylation is 1. The van der Waals surface area contributed by atoms with Gasteiger partial charge in [0.2, 0.25) is 5.91 Å². The van der Waals surface area contributed by atoms with Gasteiger partial charge in [-0.05, 0) is 55.3 Å². The summed E-state index contributed by atoms with van der Waals surface area (Å²) in [5, 5.41) is 0.675. The summed E-state index contributed by atoms with van der Waals surface area (Å²) >= 11 is 6.12. The Hall–Kier alpha value is -3.05. The Morgan fingerprint density at radius 1 is 0.879 bits per heavy atom. The first-order valence-electron chi connectivity index (χ1n) is 11.4. The van der Waals surface area contributed by atoms with Gasteiger partial charge in [-0.3, -0.25) is 9.59 Å². The van der Waals surface area contributed by atoms with Crippen LogP contribution in [-0.2, 0) is 4.79 Å². The largest absolute Gasteiger partial charge is 0.339 e. The van der Waals surface area contributed by atoms with E-state index in [4.69, 9.17) is 11.6 Å². The molecule has 0 aliphatic carbocycles. The monoisotopic (exact) mass is 463 g/mol. The minimum atomic E-state index is -0.0280. The van der Waals surface area contributed by atoms with Crippen molar-refractivity contribution < 1.29 is 9.59 Å². The number of rotatable bonds is 4. The summed E-state index contributed by atoms with van der Waals surface area (Å²) in [6.07, 6.45) is 0. The molecule has 1 aliphatic heterocycles. The Kier molecular flexibility index (Phi) is 6.61. The van der Waals surface area contributed by atoms with Gasteiger partial charge < -0.3 is 14.4 Å². The molecule has 172 valence electrons. The number of aromatic nitrogens is 1. The quantitative estimate of drug-likeness (QED) is 0.523. The second-order valence-corrected chi connectivity index (χ2v) is 9.42. The van der Waals surface area contributed by atoms with Gasteiger partial charge in [0, 0.05) is 48.5 Å². The van der Waals surface area contributed by atoms with E-state index in [0.29, 0.717) is 36.8 Å². The maximum absolute atomic E-state index is 13.6. The van der Waals surface area contributed by atoms with Crippen molar-refractivity contribution in [3.63, 3.8) is 0 Å². The highest BCUT2D eigenvalue weighted by Crippen LogP contribution is 2.31. The van der Waals surface area contributed by atoms with Crippen LogP contribution in [-0.4, -0.2) is 52.4 Å². The zero-order valence-electron chi connectivity index (χ0n) is 19.6. The van der Waals surface area contributed by atoms with Crippen molar-refractivity contribution in [1.82, 2.24) is 14.4 Å². The van der Waals surface area contributed by atoms with E-state index in [1.165, 1.54) is 0 Å². The Bertz CT molecular complexity index is 1170. The number of nitrogens with zero attached hydrogens (tertiary/aromatic N) is 3. The molecule has 2 amide bonds. The number of hydrogen-bond acceptors (Lipinski definition) is 2. The van der Waals surface area contributed by atoms with Crippen molar-refractivity contribution in [1.29, 1.82) is 0 Å². The second-order valence-electron chi connectivity index (χ2n) is 8.98. The fraction of sp³-hybridized carbons (Fsp3) is 0.333. The third kappa shape index (κ3) is 4.69. The summed E-state index contributed by atoms with van der Waals surface area (Å²) in [5.41, 5.74) is 5.70. The SMILES string of the molecule is Cc1cccc(-n2c(-c3ccc(Cl)cc3)cc(C(=O)N3CCN(C(=O)C(C)C)CC3)c2C)c1. The highest BCUT2D eigenvalue weighted by atomic mass is 35.5. The zero-order chi connectivity index (χ0) is 23.7. The van der Waals surface area contributed by atoms with Gasteiger partial charge in [0.05, 0.1) is 11.3 Å². The molecule has 0 saturated carbocycles. The summed E-state index contributed by atoms with van der Waals surface area (Å²) in [4.78, 5) is 29.6. The number of hydrogen-bond donors (Lipinski definition) is 0. The number of amides is 2. The first kappa shape index (κ1) is 23.1. The standard InChI is InChI=1S/C27H30ClN3O2/c1-18(2)26(32)29-12-14-30(15-13-29)27(33)24-17-25(21-8-10-22(28)11-9-21)31(20(24)4)23-7-5-6-19(3)16-23/h5-11,16-18H,12-15H2,1-4H3. The molecule has 4 rings (SSSR count). The molecule has 2 aromatic carbocycles. The maximum Gasteiger partial charge on any atom is 0.255 e. The molecule has 1 aromatic heterocycles. The second kappa shape index (κ2) is 9.44. The van der Waals surface area contributed by atoms with Crippen molar-refractivity contribution in [2.45, 2.75) is 27.7 Å². The van der Waals surface area contributed by atoms with Crippen molar-refractivity contribution in [2.75, 3.05) is 26.2 Å². The summed E-state index contributed by atoms with van der Waals surface area (Å²) in [7, 11) is 0. The summed E-state index contributed by atoms with van der Waals surface area (Å²) in [5.74, 6) is 0.124. The van der Waals surface area contributed by atoms with Gasteiger partial charge >= 0.3 is 0 Å². The van der Waals surface area contributed by atoms with E-state index >= 15 is 0 Å². The van der Waals surface area contributed by atoms with Crippen molar-refractivity contribution >= 4 is 23.4 Å². The zero-order valence-corrected chi connectivity index (χ0v) is 20.4.